The van der Waals surface area contributed by atoms with Gasteiger partial charge in [0.2, 0.25) is 5.95 Å². The number of aromatic nitrogens is 2. The van der Waals surface area contributed by atoms with Gasteiger partial charge in [-0.1, -0.05) is 0 Å². The second-order valence-electron chi connectivity index (χ2n) is 4.52. The number of anilines is 2. The number of rotatable bonds is 3. The quantitative estimate of drug-likeness (QED) is 0.931. The smallest absolute Gasteiger partial charge is 0.291 e. The van der Waals surface area contributed by atoms with Crippen molar-refractivity contribution in [2.45, 2.75) is 13.8 Å². The Hall–Kier alpha value is -1.89. The van der Waals surface area contributed by atoms with E-state index < -0.39 is 0 Å². The van der Waals surface area contributed by atoms with Gasteiger partial charge < -0.3 is 14.6 Å². The van der Waals surface area contributed by atoms with Crippen LogP contribution in [0, 0.1) is 13.8 Å². The molecule has 0 bridgehead atoms. The zero-order valence-electron chi connectivity index (χ0n) is 11.7. The van der Waals surface area contributed by atoms with Crippen LogP contribution in [0.4, 0.5) is 11.6 Å². The molecule has 0 aromatic carbocycles. The number of carbonyl (C=O) groups excluding carboxylic acids is 1. The molecule has 7 heteroatoms. The predicted octanol–water partition coefficient (Wildman–Crippen LogP) is 2.77. The molecule has 0 aliphatic carbocycles. The average Bonchev–Trinajstić information content (AvgIpc) is 2.80. The third kappa shape index (κ3) is 2.98. The van der Waals surface area contributed by atoms with E-state index in [4.69, 9.17) is 4.42 Å². The van der Waals surface area contributed by atoms with E-state index >= 15 is 0 Å². The molecule has 0 unspecified atom stereocenters. The molecule has 6 nitrogen and oxygen atoms in total. The van der Waals surface area contributed by atoms with Crippen LogP contribution in [0.1, 0.15) is 21.9 Å². The molecule has 1 amide bonds. The molecule has 2 aromatic heterocycles. The Morgan fingerprint density at radius 2 is 1.85 bits per heavy atom. The van der Waals surface area contributed by atoms with Crippen LogP contribution in [0.5, 0.6) is 0 Å². The lowest BCUT2D eigenvalue weighted by Gasteiger charge is -2.15. The van der Waals surface area contributed by atoms with Gasteiger partial charge in [0.1, 0.15) is 0 Å². The summed E-state index contributed by atoms with van der Waals surface area (Å²) in [5.74, 6) is 0.509. The number of nitrogens with zero attached hydrogens (tertiary/aromatic N) is 3. The Morgan fingerprint density at radius 1 is 1.25 bits per heavy atom. The molecule has 2 heterocycles. The van der Waals surface area contributed by atoms with Gasteiger partial charge in [0.15, 0.2) is 10.4 Å². The van der Waals surface area contributed by atoms with E-state index in [0.717, 1.165) is 0 Å². The number of carbonyl (C=O) groups is 1. The molecule has 2 rings (SSSR count). The highest BCUT2D eigenvalue weighted by molar-refractivity contribution is 9.10. The van der Waals surface area contributed by atoms with Gasteiger partial charge in [-0.15, -0.1) is 0 Å². The summed E-state index contributed by atoms with van der Waals surface area (Å²) in [6.07, 6.45) is 0. The number of amides is 1. The van der Waals surface area contributed by atoms with Gasteiger partial charge in [-0.3, -0.25) is 4.79 Å². The van der Waals surface area contributed by atoms with Gasteiger partial charge in [0.05, 0.1) is 17.1 Å². The monoisotopic (exact) mass is 338 g/mol. The molecule has 0 radical (unpaired) electrons. The Balaban J connectivity index is 2.28. The van der Waals surface area contributed by atoms with E-state index in [1.54, 1.807) is 12.1 Å². The van der Waals surface area contributed by atoms with Gasteiger partial charge >= 0.3 is 0 Å². The third-order valence-corrected chi connectivity index (χ3v) is 3.12. The molecule has 0 spiro atoms. The zero-order valence-corrected chi connectivity index (χ0v) is 13.3. The molecule has 0 aliphatic rings. The van der Waals surface area contributed by atoms with Crippen LogP contribution in [-0.2, 0) is 0 Å². The van der Waals surface area contributed by atoms with E-state index in [2.05, 4.69) is 31.2 Å². The minimum atomic E-state index is -0.330. The Labute approximate surface area is 125 Å². The standard InChI is InChI=1S/C13H15BrN4O2/c1-7-11(8(2)16-13(15-7)18(3)4)17-12(19)9-5-6-10(14)20-9/h5-6H,1-4H3,(H,17,19). The number of aryl methyl sites for hydroxylation is 2. The molecule has 0 saturated carbocycles. The van der Waals surface area contributed by atoms with Crippen molar-refractivity contribution in [3.63, 3.8) is 0 Å². The topological polar surface area (TPSA) is 71.3 Å². The molecule has 20 heavy (non-hydrogen) atoms. The van der Waals surface area contributed by atoms with Gasteiger partial charge in [-0.25, -0.2) is 9.97 Å². The minimum Gasteiger partial charge on any atom is -0.444 e. The number of hydrogen-bond donors (Lipinski definition) is 1. The minimum absolute atomic E-state index is 0.229. The fraction of sp³-hybridized carbons (Fsp3) is 0.308. The van der Waals surface area contributed by atoms with Crippen molar-refractivity contribution in [3.05, 3.63) is 34.0 Å². The van der Waals surface area contributed by atoms with Gasteiger partial charge in [-0.2, -0.15) is 0 Å². The summed E-state index contributed by atoms with van der Waals surface area (Å²) in [7, 11) is 3.74. The summed E-state index contributed by atoms with van der Waals surface area (Å²) in [6, 6.07) is 3.26. The van der Waals surface area contributed by atoms with Crippen molar-refractivity contribution in [1.29, 1.82) is 0 Å². The summed E-state index contributed by atoms with van der Waals surface area (Å²) >= 11 is 3.16. The van der Waals surface area contributed by atoms with Crippen LogP contribution in [0.2, 0.25) is 0 Å². The zero-order chi connectivity index (χ0) is 14.9. The second kappa shape index (κ2) is 5.62. The normalized spacial score (nSPS) is 10.4. The van der Waals surface area contributed by atoms with Crippen molar-refractivity contribution in [2.75, 3.05) is 24.3 Å². The predicted molar refractivity (Wildman–Crippen MR) is 80.2 cm³/mol. The van der Waals surface area contributed by atoms with Crippen LogP contribution in [0.25, 0.3) is 0 Å². The van der Waals surface area contributed by atoms with E-state index in [-0.39, 0.29) is 11.7 Å². The van der Waals surface area contributed by atoms with E-state index in [9.17, 15) is 4.79 Å². The summed E-state index contributed by atoms with van der Waals surface area (Å²) in [5, 5.41) is 2.78. The van der Waals surface area contributed by atoms with Gasteiger partial charge in [0, 0.05) is 14.1 Å². The van der Waals surface area contributed by atoms with Crippen molar-refractivity contribution in [1.82, 2.24) is 9.97 Å². The van der Waals surface area contributed by atoms with E-state index in [1.807, 2.05) is 32.8 Å². The highest BCUT2D eigenvalue weighted by atomic mass is 79.9. The molecule has 106 valence electrons. The van der Waals surface area contributed by atoms with Crippen molar-refractivity contribution in [3.8, 4) is 0 Å². The number of hydrogen-bond acceptors (Lipinski definition) is 5. The number of halogens is 1. The molecule has 0 aliphatic heterocycles. The Bertz CT molecular complexity index is 629. The van der Waals surface area contributed by atoms with Crippen molar-refractivity contribution < 1.29 is 9.21 Å². The first-order chi connectivity index (χ1) is 9.38. The fourth-order valence-corrected chi connectivity index (χ4v) is 2.00. The maximum Gasteiger partial charge on any atom is 0.291 e. The molecule has 1 N–H and O–H groups in total. The SMILES string of the molecule is Cc1nc(N(C)C)nc(C)c1NC(=O)c1ccc(Br)o1. The maximum absolute atomic E-state index is 12.1. The largest absolute Gasteiger partial charge is 0.444 e. The lowest BCUT2D eigenvalue weighted by molar-refractivity contribution is 0.0995. The lowest BCUT2D eigenvalue weighted by Crippen LogP contribution is -2.18. The summed E-state index contributed by atoms with van der Waals surface area (Å²) in [6.45, 7) is 3.66. The number of nitrogens with one attached hydrogen (secondary N) is 1. The van der Waals surface area contributed by atoms with Gasteiger partial charge in [0.25, 0.3) is 5.91 Å². The Morgan fingerprint density at radius 3 is 2.30 bits per heavy atom. The first-order valence-electron chi connectivity index (χ1n) is 5.97. The lowest BCUT2D eigenvalue weighted by atomic mass is 10.2. The highest BCUT2D eigenvalue weighted by Crippen LogP contribution is 2.21. The molecule has 0 fully saturated rings. The summed E-state index contributed by atoms with van der Waals surface area (Å²) < 4.78 is 5.72. The highest BCUT2D eigenvalue weighted by Gasteiger charge is 2.16. The third-order valence-electron chi connectivity index (χ3n) is 2.69. The van der Waals surface area contributed by atoms with E-state index in [1.165, 1.54) is 0 Å². The van der Waals surface area contributed by atoms with Gasteiger partial charge in [-0.05, 0) is 41.9 Å². The van der Waals surface area contributed by atoms with E-state index in [0.29, 0.717) is 27.7 Å². The van der Waals surface area contributed by atoms with Crippen LogP contribution < -0.4 is 10.2 Å². The molecule has 0 saturated heterocycles. The van der Waals surface area contributed by atoms with Crippen LogP contribution >= 0.6 is 15.9 Å². The molecular weight excluding hydrogens is 324 g/mol. The first kappa shape index (κ1) is 14.5. The average molecular weight is 339 g/mol. The number of furan rings is 1. The first-order valence-corrected chi connectivity index (χ1v) is 6.77. The fourth-order valence-electron chi connectivity index (χ4n) is 1.69. The van der Waals surface area contributed by atoms with Crippen LogP contribution in [-0.4, -0.2) is 30.0 Å². The van der Waals surface area contributed by atoms with Crippen molar-refractivity contribution >= 4 is 33.5 Å². The van der Waals surface area contributed by atoms with Crippen molar-refractivity contribution in [2.24, 2.45) is 0 Å². The maximum atomic E-state index is 12.1. The van der Waals surface area contributed by atoms with Crippen LogP contribution in [0.3, 0.4) is 0 Å². The molecular formula is C13H15BrN4O2. The summed E-state index contributed by atoms with van der Waals surface area (Å²) in [4.78, 5) is 22.6. The van der Waals surface area contributed by atoms with Crippen LogP contribution in [0.15, 0.2) is 21.2 Å². The molecule has 0 atom stereocenters. The Kier molecular flexibility index (Phi) is 4.08. The molecule has 2 aromatic rings. The summed E-state index contributed by atoms with van der Waals surface area (Å²) in [5.41, 5.74) is 2.02. The second-order valence-corrected chi connectivity index (χ2v) is 5.30.